The molecule has 1 rings (SSSR count). The highest BCUT2D eigenvalue weighted by atomic mass is 32.2. The Bertz CT molecular complexity index is 702. The van der Waals surface area contributed by atoms with Gasteiger partial charge in [-0.05, 0) is 38.8 Å². The third-order valence-electron chi connectivity index (χ3n) is 3.72. The van der Waals surface area contributed by atoms with Gasteiger partial charge in [0.25, 0.3) is 0 Å². The summed E-state index contributed by atoms with van der Waals surface area (Å²) in [7, 11) is -2.74. The standard InChI is InChI=1S/C15H22FNO5S/c1-8-6-9(2)15(10(3)14(8)16)23(20,21)17-12(7-13(18)19)11(4)22-5/h6,11-12,17H,7H2,1-5H3,(H,18,19)/t11-,12-/m1/s1. The van der Waals surface area contributed by atoms with E-state index in [1.165, 1.54) is 20.1 Å². The lowest BCUT2D eigenvalue weighted by molar-refractivity contribution is -0.138. The van der Waals surface area contributed by atoms with Crippen molar-refractivity contribution in [3.63, 3.8) is 0 Å². The van der Waals surface area contributed by atoms with E-state index in [0.717, 1.165) is 0 Å². The number of benzene rings is 1. The van der Waals surface area contributed by atoms with Crippen molar-refractivity contribution in [2.24, 2.45) is 0 Å². The van der Waals surface area contributed by atoms with E-state index in [0.29, 0.717) is 11.1 Å². The highest BCUT2D eigenvalue weighted by Crippen LogP contribution is 2.25. The number of halogens is 1. The van der Waals surface area contributed by atoms with Gasteiger partial charge >= 0.3 is 5.97 Å². The first-order valence-electron chi connectivity index (χ1n) is 7.04. The van der Waals surface area contributed by atoms with Gasteiger partial charge in [-0.25, -0.2) is 17.5 Å². The molecular weight excluding hydrogens is 325 g/mol. The number of methoxy groups -OCH3 is 1. The van der Waals surface area contributed by atoms with Gasteiger partial charge in [0.1, 0.15) is 5.82 Å². The van der Waals surface area contributed by atoms with Crippen LogP contribution < -0.4 is 4.72 Å². The average Bonchev–Trinajstić information content (AvgIpc) is 2.42. The maximum absolute atomic E-state index is 14.1. The highest BCUT2D eigenvalue weighted by Gasteiger charge is 2.29. The third-order valence-corrected chi connectivity index (χ3v) is 5.49. The monoisotopic (exact) mass is 347 g/mol. The average molecular weight is 347 g/mol. The zero-order valence-corrected chi connectivity index (χ0v) is 14.6. The molecule has 8 heteroatoms. The van der Waals surface area contributed by atoms with Crippen molar-refractivity contribution >= 4 is 16.0 Å². The van der Waals surface area contributed by atoms with Gasteiger partial charge in [-0.2, -0.15) is 0 Å². The molecule has 1 aromatic rings. The molecule has 2 atom stereocenters. The van der Waals surface area contributed by atoms with Crippen LogP contribution in [0.1, 0.15) is 30.0 Å². The zero-order chi connectivity index (χ0) is 17.9. The van der Waals surface area contributed by atoms with Gasteiger partial charge in [0.05, 0.1) is 23.5 Å². The number of aliphatic carboxylic acids is 1. The van der Waals surface area contributed by atoms with E-state index in [4.69, 9.17) is 9.84 Å². The Morgan fingerprint density at radius 1 is 1.35 bits per heavy atom. The minimum absolute atomic E-state index is 0.00847. The summed E-state index contributed by atoms with van der Waals surface area (Å²) >= 11 is 0. The molecule has 2 N–H and O–H groups in total. The second-order valence-electron chi connectivity index (χ2n) is 5.54. The van der Waals surface area contributed by atoms with Crippen LogP contribution in [0, 0.1) is 26.6 Å². The first-order valence-corrected chi connectivity index (χ1v) is 8.52. The lowest BCUT2D eigenvalue weighted by Gasteiger charge is -2.24. The first-order chi connectivity index (χ1) is 10.5. The lowest BCUT2D eigenvalue weighted by atomic mass is 10.1. The minimum atomic E-state index is -4.09. The number of hydrogen-bond donors (Lipinski definition) is 2. The number of carboxylic acid groups (broad SMARTS) is 1. The molecule has 0 aromatic heterocycles. The Hall–Kier alpha value is -1.51. The van der Waals surface area contributed by atoms with E-state index >= 15 is 0 Å². The fourth-order valence-corrected chi connectivity index (χ4v) is 4.24. The van der Waals surface area contributed by atoms with Gasteiger partial charge in [0.2, 0.25) is 10.0 Å². The second-order valence-corrected chi connectivity index (χ2v) is 7.20. The number of rotatable bonds is 7. The van der Waals surface area contributed by atoms with E-state index in [1.54, 1.807) is 20.8 Å². The predicted molar refractivity (Wildman–Crippen MR) is 83.4 cm³/mol. The van der Waals surface area contributed by atoms with Crippen LogP contribution in [0.2, 0.25) is 0 Å². The molecule has 6 nitrogen and oxygen atoms in total. The number of ether oxygens (including phenoxy) is 1. The molecule has 0 saturated carbocycles. The summed E-state index contributed by atoms with van der Waals surface area (Å²) in [5.74, 6) is -1.75. The fraction of sp³-hybridized carbons (Fsp3) is 0.533. The molecule has 0 saturated heterocycles. The predicted octanol–water partition coefficient (Wildman–Crippen LogP) is 1.91. The van der Waals surface area contributed by atoms with Crippen molar-refractivity contribution in [2.45, 2.75) is 51.2 Å². The van der Waals surface area contributed by atoms with E-state index < -0.39 is 40.4 Å². The highest BCUT2D eigenvalue weighted by molar-refractivity contribution is 7.89. The molecule has 0 spiro atoms. The zero-order valence-electron chi connectivity index (χ0n) is 13.8. The van der Waals surface area contributed by atoms with Crippen LogP contribution in [0.5, 0.6) is 0 Å². The summed E-state index contributed by atoms with van der Waals surface area (Å²) in [6.45, 7) is 6.07. The maximum Gasteiger partial charge on any atom is 0.305 e. The molecule has 0 aliphatic carbocycles. The molecule has 0 heterocycles. The van der Waals surface area contributed by atoms with Crippen LogP contribution in [0.25, 0.3) is 0 Å². The summed E-state index contributed by atoms with van der Waals surface area (Å²) in [5, 5.41) is 8.94. The van der Waals surface area contributed by atoms with E-state index in [-0.39, 0.29) is 10.5 Å². The van der Waals surface area contributed by atoms with Crippen LogP contribution >= 0.6 is 0 Å². The van der Waals surface area contributed by atoms with E-state index in [9.17, 15) is 17.6 Å². The van der Waals surface area contributed by atoms with Crippen molar-refractivity contribution in [3.8, 4) is 0 Å². The van der Waals surface area contributed by atoms with Gasteiger partial charge in [-0.1, -0.05) is 6.07 Å². The van der Waals surface area contributed by atoms with Crippen molar-refractivity contribution in [2.75, 3.05) is 7.11 Å². The van der Waals surface area contributed by atoms with Gasteiger partial charge in [-0.15, -0.1) is 0 Å². The Morgan fingerprint density at radius 2 is 1.91 bits per heavy atom. The molecule has 0 radical (unpaired) electrons. The normalized spacial score (nSPS) is 14.5. The smallest absolute Gasteiger partial charge is 0.305 e. The number of sulfonamides is 1. The van der Waals surface area contributed by atoms with Crippen molar-refractivity contribution < 1.29 is 27.4 Å². The van der Waals surface area contributed by atoms with Crippen LogP contribution in [-0.4, -0.2) is 38.7 Å². The van der Waals surface area contributed by atoms with Crippen molar-refractivity contribution in [1.82, 2.24) is 4.72 Å². The van der Waals surface area contributed by atoms with E-state index in [1.807, 2.05) is 0 Å². The largest absolute Gasteiger partial charge is 0.481 e. The summed E-state index contributed by atoms with van der Waals surface area (Å²) in [6.07, 6.45) is -1.10. The number of carboxylic acids is 1. The topological polar surface area (TPSA) is 92.7 Å². The van der Waals surface area contributed by atoms with Crippen molar-refractivity contribution in [3.05, 3.63) is 28.6 Å². The minimum Gasteiger partial charge on any atom is -0.481 e. The molecule has 130 valence electrons. The maximum atomic E-state index is 14.1. The van der Waals surface area contributed by atoms with Gasteiger partial charge in [0, 0.05) is 12.7 Å². The van der Waals surface area contributed by atoms with Crippen LogP contribution in [0.4, 0.5) is 4.39 Å². The van der Waals surface area contributed by atoms with Crippen LogP contribution in [-0.2, 0) is 19.6 Å². The number of hydrogen-bond acceptors (Lipinski definition) is 4. The molecule has 0 fully saturated rings. The van der Waals surface area contributed by atoms with Gasteiger partial charge < -0.3 is 9.84 Å². The van der Waals surface area contributed by atoms with E-state index in [2.05, 4.69) is 4.72 Å². The van der Waals surface area contributed by atoms with Gasteiger partial charge in [0.15, 0.2) is 0 Å². The summed E-state index contributed by atoms with van der Waals surface area (Å²) in [6, 6.07) is 0.480. The SMILES string of the molecule is CO[C@H](C)[C@@H](CC(=O)O)NS(=O)(=O)c1c(C)cc(C)c(F)c1C. The van der Waals surface area contributed by atoms with Crippen LogP contribution in [0.15, 0.2) is 11.0 Å². The molecule has 0 aliphatic rings. The second kappa shape index (κ2) is 7.37. The Labute approximate surface area is 135 Å². The molecule has 1 aromatic carbocycles. The number of carbonyl (C=O) groups is 1. The summed E-state index contributed by atoms with van der Waals surface area (Å²) in [5.41, 5.74) is 0.758. The fourth-order valence-electron chi connectivity index (χ4n) is 2.47. The molecule has 23 heavy (non-hydrogen) atoms. The summed E-state index contributed by atoms with van der Waals surface area (Å²) in [4.78, 5) is 10.8. The number of aryl methyl sites for hydroxylation is 2. The Kier molecular flexibility index (Phi) is 6.26. The Balaban J connectivity index is 3.31. The lowest BCUT2D eigenvalue weighted by Crippen LogP contribution is -2.44. The Morgan fingerprint density at radius 3 is 2.39 bits per heavy atom. The van der Waals surface area contributed by atoms with Gasteiger partial charge in [-0.3, -0.25) is 4.79 Å². The molecule has 0 unspecified atom stereocenters. The third kappa shape index (κ3) is 4.49. The molecule has 0 bridgehead atoms. The molecule has 0 amide bonds. The quantitative estimate of drug-likeness (QED) is 0.786. The molecule has 0 aliphatic heterocycles. The molecular formula is C15H22FNO5S. The van der Waals surface area contributed by atoms with Crippen LogP contribution in [0.3, 0.4) is 0 Å². The summed E-state index contributed by atoms with van der Waals surface area (Å²) < 4.78 is 46.7. The first kappa shape index (κ1) is 19.5. The van der Waals surface area contributed by atoms with Crippen molar-refractivity contribution in [1.29, 1.82) is 0 Å². The number of nitrogens with one attached hydrogen (secondary N) is 1.